The van der Waals surface area contributed by atoms with E-state index in [4.69, 9.17) is 0 Å². The number of hydrogen-bond acceptors (Lipinski definition) is 3. The van der Waals surface area contributed by atoms with Crippen LogP contribution in [-0.2, 0) is 0 Å². The largest absolute Gasteiger partial charge is 0.315 e. The lowest BCUT2D eigenvalue weighted by atomic mass is 9.92. The van der Waals surface area contributed by atoms with Crippen LogP contribution in [0.4, 0.5) is 0 Å². The Hall–Kier alpha value is -0.120. The Kier molecular flexibility index (Phi) is 4.45. The molecule has 0 spiro atoms. The molecule has 0 amide bonds. The molecule has 2 rings (SSSR count). The van der Waals surface area contributed by atoms with Crippen LogP contribution in [0, 0.1) is 5.41 Å². The van der Waals surface area contributed by atoms with E-state index < -0.39 is 0 Å². The van der Waals surface area contributed by atoms with Crippen molar-refractivity contribution in [3.63, 3.8) is 0 Å². The highest BCUT2D eigenvalue weighted by molar-refractivity contribution is 4.85. The monoisotopic (exact) mass is 239 g/mol. The number of hydrogen-bond donors (Lipinski definition) is 1. The second kappa shape index (κ2) is 5.68. The van der Waals surface area contributed by atoms with Crippen LogP contribution in [0.2, 0.25) is 0 Å². The maximum Gasteiger partial charge on any atom is 0.0622 e. The summed E-state index contributed by atoms with van der Waals surface area (Å²) in [4.78, 5) is 5.40. The molecule has 2 aliphatic heterocycles. The van der Waals surface area contributed by atoms with Gasteiger partial charge in [-0.2, -0.15) is 0 Å². The van der Waals surface area contributed by atoms with Crippen LogP contribution >= 0.6 is 0 Å². The van der Waals surface area contributed by atoms with Crippen LogP contribution in [0.1, 0.15) is 40.0 Å². The molecule has 1 atom stereocenters. The smallest absolute Gasteiger partial charge is 0.0622 e. The molecule has 0 aliphatic carbocycles. The third kappa shape index (κ3) is 3.43. The molecule has 2 fully saturated rings. The van der Waals surface area contributed by atoms with Gasteiger partial charge in [0.2, 0.25) is 0 Å². The summed E-state index contributed by atoms with van der Waals surface area (Å²) >= 11 is 0. The maximum absolute atomic E-state index is 3.58. The third-order valence-corrected chi connectivity index (χ3v) is 4.22. The molecule has 0 radical (unpaired) electrons. The summed E-state index contributed by atoms with van der Waals surface area (Å²) in [5, 5.41) is 3.58. The molecule has 3 heteroatoms. The van der Waals surface area contributed by atoms with E-state index in [1.807, 2.05) is 0 Å². The molecule has 0 saturated carbocycles. The van der Waals surface area contributed by atoms with Crippen molar-refractivity contribution in [2.75, 3.05) is 39.3 Å². The van der Waals surface area contributed by atoms with Crippen molar-refractivity contribution in [2.45, 2.75) is 46.2 Å². The molecular formula is C14H29N3. The highest BCUT2D eigenvalue weighted by Gasteiger charge is 2.32. The number of likely N-dealkylation sites (tertiary alicyclic amines) is 1. The molecule has 100 valence electrons. The number of nitrogens with zero attached hydrogens (tertiary/aromatic N) is 2. The summed E-state index contributed by atoms with van der Waals surface area (Å²) < 4.78 is 0. The van der Waals surface area contributed by atoms with E-state index in [1.54, 1.807) is 0 Å². The van der Waals surface area contributed by atoms with Crippen LogP contribution in [0.25, 0.3) is 0 Å². The van der Waals surface area contributed by atoms with Crippen molar-refractivity contribution in [1.82, 2.24) is 15.1 Å². The predicted octanol–water partition coefficient (Wildman–Crippen LogP) is 1.75. The fraction of sp³-hybridized carbons (Fsp3) is 1.00. The van der Waals surface area contributed by atoms with E-state index in [9.17, 15) is 0 Å². The summed E-state index contributed by atoms with van der Waals surface area (Å²) in [5.74, 6) is 0. The molecular weight excluding hydrogens is 210 g/mol. The van der Waals surface area contributed by atoms with Crippen molar-refractivity contribution in [3.05, 3.63) is 0 Å². The number of rotatable bonds is 2. The van der Waals surface area contributed by atoms with E-state index >= 15 is 0 Å². The van der Waals surface area contributed by atoms with E-state index in [-0.39, 0.29) is 0 Å². The molecule has 3 nitrogen and oxygen atoms in total. The minimum atomic E-state index is 0.410. The first-order valence-electron chi connectivity index (χ1n) is 7.31. The Morgan fingerprint density at radius 1 is 1.24 bits per heavy atom. The first-order valence-corrected chi connectivity index (χ1v) is 7.31. The fourth-order valence-electron chi connectivity index (χ4n) is 3.34. The van der Waals surface area contributed by atoms with Gasteiger partial charge in [-0.3, -0.25) is 9.80 Å². The van der Waals surface area contributed by atoms with Gasteiger partial charge in [-0.1, -0.05) is 20.8 Å². The van der Waals surface area contributed by atoms with E-state index in [2.05, 4.69) is 35.9 Å². The molecule has 0 aromatic heterocycles. The van der Waals surface area contributed by atoms with Gasteiger partial charge >= 0.3 is 0 Å². The lowest BCUT2D eigenvalue weighted by molar-refractivity contribution is 0.00527. The first-order chi connectivity index (χ1) is 8.12. The Labute approximate surface area is 107 Å². The normalized spacial score (nSPS) is 32.3. The molecule has 17 heavy (non-hydrogen) atoms. The molecule has 2 heterocycles. The van der Waals surface area contributed by atoms with Crippen LogP contribution in [0.3, 0.4) is 0 Å². The van der Waals surface area contributed by atoms with Gasteiger partial charge in [0.05, 0.1) is 6.17 Å². The SMILES string of the molecule is CCN1CCCCC1N1CCNCC(C)(C)C1. The highest BCUT2D eigenvalue weighted by atomic mass is 15.4. The quantitative estimate of drug-likeness (QED) is 0.792. The molecule has 2 saturated heterocycles. The zero-order valence-electron chi connectivity index (χ0n) is 11.8. The van der Waals surface area contributed by atoms with E-state index in [0.717, 1.165) is 13.1 Å². The van der Waals surface area contributed by atoms with Gasteiger partial charge in [-0.25, -0.2) is 0 Å². The summed E-state index contributed by atoms with van der Waals surface area (Å²) in [6.07, 6.45) is 4.86. The van der Waals surface area contributed by atoms with Crippen LogP contribution in [-0.4, -0.2) is 55.2 Å². The first kappa shape index (κ1) is 13.3. The number of piperidine rings is 1. The van der Waals surface area contributed by atoms with Crippen LogP contribution in [0.15, 0.2) is 0 Å². The summed E-state index contributed by atoms with van der Waals surface area (Å²) in [7, 11) is 0. The van der Waals surface area contributed by atoms with Gasteiger partial charge in [0.15, 0.2) is 0 Å². The zero-order valence-corrected chi connectivity index (χ0v) is 11.8. The average molecular weight is 239 g/mol. The fourth-order valence-corrected chi connectivity index (χ4v) is 3.34. The van der Waals surface area contributed by atoms with Gasteiger partial charge in [0.1, 0.15) is 0 Å². The third-order valence-electron chi connectivity index (χ3n) is 4.22. The van der Waals surface area contributed by atoms with Gasteiger partial charge < -0.3 is 5.32 Å². The van der Waals surface area contributed by atoms with Gasteiger partial charge in [-0.05, 0) is 37.8 Å². The Bertz CT molecular complexity index is 240. The Balaban J connectivity index is 2.02. The van der Waals surface area contributed by atoms with Gasteiger partial charge in [0.25, 0.3) is 0 Å². The molecule has 0 bridgehead atoms. The maximum atomic E-state index is 3.58. The number of nitrogens with one attached hydrogen (secondary N) is 1. The lowest BCUT2D eigenvalue weighted by Gasteiger charge is -2.43. The molecule has 0 aromatic carbocycles. The zero-order chi connectivity index (χ0) is 12.3. The topological polar surface area (TPSA) is 18.5 Å². The van der Waals surface area contributed by atoms with E-state index in [0.29, 0.717) is 11.6 Å². The van der Waals surface area contributed by atoms with Crippen LogP contribution in [0.5, 0.6) is 0 Å². The standard InChI is InChI=1S/C14H29N3/c1-4-16-9-6-5-7-13(16)17-10-8-15-11-14(2,3)12-17/h13,15H,4-12H2,1-3H3. The summed E-state index contributed by atoms with van der Waals surface area (Å²) in [6.45, 7) is 14.3. The minimum absolute atomic E-state index is 0.410. The summed E-state index contributed by atoms with van der Waals surface area (Å²) in [5.41, 5.74) is 0.410. The summed E-state index contributed by atoms with van der Waals surface area (Å²) in [6, 6.07) is 0. The molecule has 1 unspecified atom stereocenters. The van der Waals surface area contributed by atoms with E-state index in [1.165, 1.54) is 45.4 Å². The molecule has 0 aromatic rings. The highest BCUT2D eigenvalue weighted by Crippen LogP contribution is 2.25. The van der Waals surface area contributed by atoms with Gasteiger partial charge in [-0.15, -0.1) is 0 Å². The Morgan fingerprint density at radius 2 is 2.06 bits per heavy atom. The van der Waals surface area contributed by atoms with Crippen molar-refractivity contribution in [1.29, 1.82) is 0 Å². The second-order valence-corrected chi connectivity index (χ2v) is 6.42. The van der Waals surface area contributed by atoms with Crippen LogP contribution < -0.4 is 5.32 Å². The minimum Gasteiger partial charge on any atom is -0.315 e. The molecule has 2 aliphatic rings. The lowest BCUT2D eigenvalue weighted by Crippen LogP contribution is -2.53. The Morgan fingerprint density at radius 3 is 2.82 bits per heavy atom. The van der Waals surface area contributed by atoms with Crippen molar-refractivity contribution in [2.24, 2.45) is 5.41 Å². The van der Waals surface area contributed by atoms with Crippen molar-refractivity contribution >= 4 is 0 Å². The average Bonchev–Trinajstić information content (AvgIpc) is 2.50. The van der Waals surface area contributed by atoms with Crippen molar-refractivity contribution < 1.29 is 0 Å². The predicted molar refractivity (Wildman–Crippen MR) is 73.1 cm³/mol. The van der Waals surface area contributed by atoms with Gasteiger partial charge in [0, 0.05) is 26.2 Å². The van der Waals surface area contributed by atoms with Crippen molar-refractivity contribution in [3.8, 4) is 0 Å². The second-order valence-electron chi connectivity index (χ2n) is 6.42. The molecule has 1 N–H and O–H groups in total.